The standard InChI is InChI=1S/C8H9FN2S.C2H7NO.C2H6/c1-6-3-2-4-8(9)7(6)5-10-11-12;3-1-2-4;1-2/h2-4H,5H2,1H3,(H,10,12);4H,1-3H2;1-2H3. The van der Waals surface area contributed by atoms with Gasteiger partial charge in [-0.2, -0.15) is 0 Å². The zero-order valence-corrected chi connectivity index (χ0v) is 11.9. The molecule has 1 aromatic carbocycles. The minimum Gasteiger partial charge on any atom is -0.395 e. The molecule has 0 aliphatic carbocycles. The summed E-state index contributed by atoms with van der Waals surface area (Å²) in [5, 5.41) is 7.75. The Bertz CT molecular complexity index is 302. The molecule has 0 atom stereocenters. The first kappa shape index (κ1) is 19.2. The van der Waals surface area contributed by atoms with Crippen LogP contribution in [0.25, 0.3) is 0 Å². The molecule has 1 aromatic rings. The van der Waals surface area contributed by atoms with Gasteiger partial charge >= 0.3 is 0 Å². The molecular formula is C12H22FN3OS. The van der Waals surface area contributed by atoms with Gasteiger partial charge in [0, 0.05) is 12.1 Å². The van der Waals surface area contributed by atoms with E-state index in [1.807, 2.05) is 26.8 Å². The first-order valence-corrected chi connectivity index (χ1v) is 6.14. The third-order valence-electron chi connectivity index (χ3n) is 1.80. The topological polar surface area (TPSA) is 70.6 Å². The van der Waals surface area contributed by atoms with E-state index >= 15 is 0 Å². The van der Waals surface area contributed by atoms with Gasteiger partial charge in [0.1, 0.15) is 5.82 Å². The van der Waals surface area contributed by atoms with Gasteiger partial charge in [-0.15, -0.1) is 4.47 Å². The second-order valence-electron chi connectivity index (χ2n) is 2.97. The van der Waals surface area contributed by atoms with Gasteiger partial charge in [-0.25, -0.2) is 4.39 Å². The van der Waals surface area contributed by atoms with Crippen LogP contribution in [0.15, 0.2) is 22.7 Å². The predicted octanol–water partition coefficient (Wildman–Crippen LogP) is 1.83. The molecular weight excluding hydrogens is 253 g/mol. The number of aryl methyl sites for hydroxylation is 1. The first-order valence-electron chi connectivity index (χ1n) is 5.77. The summed E-state index contributed by atoms with van der Waals surface area (Å²) in [4.78, 5) is 0. The van der Waals surface area contributed by atoms with Crippen molar-refractivity contribution in [2.45, 2.75) is 27.3 Å². The number of rotatable bonds is 4. The molecule has 0 aliphatic rings. The summed E-state index contributed by atoms with van der Waals surface area (Å²) in [7, 11) is 0. The number of hydrogen-bond acceptors (Lipinski definition) is 4. The number of nitrogens with one attached hydrogen (secondary N) is 1. The van der Waals surface area contributed by atoms with E-state index in [0.29, 0.717) is 18.7 Å². The fraction of sp³-hybridized carbons (Fsp3) is 0.500. The van der Waals surface area contributed by atoms with E-state index in [2.05, 4.69) is 22.3 Å². The monoisotopic (exact) mass is 275 g/mol. The van der Waals surface area contributed by atoms with E-state index in [-0.39, 0.29) is 12.4 Å². The van der Waals surface area contributed by atoms with Gasteiger partial charge < -0.3 is 10.8 Å². The second-order valence-corrected chi connectivity index (χ2v) is 3.16. The summed E-state index contributed by atoms with van der Waals surface area (Å²) < 4.78 is 16.3. The fourth-order valence-corrected chi connectivity index (χ4v) is 1.07. The third-order valence-corrected chi connectivity index (χ3v) is 1.93. The van der Waals surface area contributed by atoms with Gasteiger partial charge in [-0.3, -0.25) is 5.43 Å². The molecule has 18 heavy (non-hydrogen) atoms. The predicted molar refractivity (Wildman–Crippen MR) is 75.3 cm³/mol. The van der Waals surface area contributed by atoms with E-state index in [1.165, 1.54) is 6.07 Å². The van der Waals surface area contributed by atoms with Crippen LogP contribution in [0.2, 0.25) is 0 Å². The molecule has 0 fully saturated rings. The molecule has 104 valence electrons. The lowest BCUT2D eigenvalue weighted by molar-refractivity contribution is 0.306. The minimum absolute atomic E-state index is 0.0972. The van der Waals surface area contributed by atoms with Crippen LogP contribution in [0.4, 0.5) is 4.39 Å². The van der Waals surface area contributed by atoms with Crippen LogP contribution in [0, 0.1) is 12.7 Å². The fourth-order valence-electron chi connectivity index (χ4n) is 1.00. The SMILES string of the molecule is CC.Cc1cccc(F)c1CNN=S.NCCO. The maximum atomic E-state index is 13.1. The molecule has 0 heterocycles. The summed E-state index contributed by atoms with van der Waals surface area (Å²) in [6.07, 6.45) is 0. The minimum atomic E-state index is -0.221. The van der Waals surface area contributed by atoms with Crippen molar-refractivity contribution in [2.75, 3.05) is 13.2 Å². The van der Waals surface area contributed by atoms with Crippen LogP contribution in [-0.2, 0) is 19.0 Å². The Morgan fingerprint density at radius 3 is 2.39 bits per heavy atom. The Morgan fingerprint density at radius 2 is 2.00 bits per heavy atom. The van der Waals surface area contributed by atoms with Gasteiger partial charge in [0.15, 0.2) is 0 Å². The van der Waals surface area contributed by atoms with Gasteiger partial charge in [-0.05, 0) is 18.6 Å². The Morgan fingerprint density at radius 1 is 1.44 bits per heavy atom. The highest BCUT2D eigenvalue weighted by molar-refractivity contribution is 7.47. The lowest BCUT2D eigenvalue weighted by Gasteiger charge is -2.04. The van der Waals surface area contributed by atoms with Crippen molar-refractivity contribution in [3.05, 3.63) is 35.1 Å². The van der Waals surface area contributed by atoms with Crippen molar-refractivity contribution in [1.82, 2.24) is 5.43 Å². The summed E-state index contributed by atoms with van der Waals surface area (Å²) in [6, 6.07) is 4.95. The van der Waals surface area contributed by atoms with E-state index in [1.54, 1.807) is 6.07 Å². The maximum absolute atomic E-state index is 13.1. The molecule has 4 nitrogen and oxygen atoms in total. The third kappa shape index (κ3) is 8.98. The highest BCUT2D eigenvalue weighted by Gasteiger charge is 2.02. The molecule has 6 heteroatoms. The van der Waals surface area contributed by atoms with Crippen LogP contribution in [0.5, 0.6) is 0 Å². The Hall–Kier alpha value is -1.11. The molecule has 0 amide bonds. The van der Waals surface area contributed by atoms with Crippen LogP contribution in [0.3, 0.4) is 0 Å². The zero-order valence-electron chi connectivity index (χ0n) is 11.1. The maximum Gasteiger partial charge on any atom is 0.128 e. The molecule has 0 aliphatic heterocycles. The van der Waals surface area contributed by atoms with Crippen molar-refractivity contribution in [1.29, 1.82) is 0 Å². The van der Waals surface area contributed by atoms with Crippen molar-refractivity contribution >= 4 is 12.4 Å². The summed E-state index contributed by atoms with van der Waals surface area (Å²) >= 11 is 4.33. The molecule has 0 radical (unpaired) electrons. The van der Waals surface area contributed by atoms with Crippen molar-refractivity contribution in [2.24, 2.45) is 10.2 Å². The summed E-state index contributed by atoms with van der Waals surface area (Å²) in [6.45, 7) is 6.67. The largest absolute Gasteiger partial charge is 0.395 e. The number of benzene rings is 1. The van der Waals surface area contributed by atoms with Crippen molar-refractivity contribution in [3.8, 4) is 0 Å². The van der Waals surface area contributed by atoms with Crippen molar-refractivity contribution in [3.63, 3.8) is 0 Å². The highest BCUT2D eigenvalue weighted by Crippen LogP contribution is 2.11. The molecule has 0 unspecified atom stereocenters. The van der Waals surface area contributed by atoms with Crippen LogP contribution in [0.1, 0.15) is 25.0 Å². The zero-order chi connectivity index (χ0) is 14.4. The van der Waals surface area contributed by atoms with E-state index in [0.717, 1.165) is 5.56 Å². The van der Waals surface area contributed by atoms with Crippen LogP contribution in [-0.4, -0.2) is 18.3 Å². The quantitative estimate of drug-likeness (QED) is 0.733. The number of nitrogens with two attached hydrogens (primary N) is 1. The Kier molecular flexibility index (Phi) is 14.9. The van der Waals surface area contributed by atoms with E-state index in [4.69, 9.17) is 10.8 Å². The van der Waals surface area contributed by atoms with Gasteiger partial charge in [-0.1, -0.05) is 26.0 Å². The number of aliphatic hydroxyl groups is 1. The summed E-state index contributed by atoms with van der Waals surface area (Å²) in [5.74, 6) is -0.221. The van der Waals surface area contributed by atoms with Gasteiger partial charge in [0.25, 0.3) is 0 Å². The van der Waals surface area contributed by atoms with Gasteiger partial charge in [0.05, 0.1) is 25.6 Å². The number of hydrogen-bond donors (Lipinski definition) is 3. The molecule has 0 saturated carbocycles. The molecule has 0 bridgehead atoms. The average molecular weight is 275 g/mol. The molecule has 1 rings (SSSR count). The summed E-state index contributed by atoms with van der Waals surface area (Å²) in [5.41, 5.74) is 8.84. The van der Waals surface area contributed by atoms with Crippen LogP contribution < -0.4 is 11.2 Å². The van der Waals surface area contributed by atoms with Crippen molar-refractivity contribution < 1.29 is 9.50 Å². The van der Waals surface area contributed by atoms with Gasteiger partial charge in [0.2, 0.25) is 0 Å². The molecule has 4 N–H and O–H groups in total. The normalized spacial score (nSPS) is 8.33. The highest BCUT2D eigenvalue weighted by atomic mass is 32.1. The van der Waals surface area contributed by atoms with Crippen LogP contribution >= 0.6 is 0 Å². The van der Waals surface area contributed by atoms with E-state index < -0.39 is 0 Å². The smallest absolute Gasteiger partial charge is 0.128 e. The lowest BCUT2D eigenvalue weighted by atomic mass is 10.1. The van der Waals surface area contributed by atoms with E-state index in [9.17, 15) is 4.39 Å². The molecule has 0 aromatic heterocycles. The first-order chi connectivity index (χ1) is 8.67. The average Bonchev–Trinajstić information content (AvgIpc) is 2.41. The molecule has 0 spiro atoms. The number of nitrogens with zero attached hydrogens (tertiary/aromatic N) is 1. The molecule has 0 saturated heterocycles. The Labute approximate surface area is 114 Å². The Balaban J connectivity index is 0. The second kappa shape index (κ2) is 14.0. The number of halogens is 1. The lowest BCUT2D eigenvalue weighted by Crippen LogP contribution is -2.07. The number of aliphatic hydroxyl groups excluding tert-OH is 1.